The highest BCUT2D eigenvalue weighted by Crippen LogP contribution is 2.30. The Hall–Kier alpha value is -3.95. The van der Waals surface area contributed by atoms with Crippen molar-refractivity contribution in [2.24, 2.45) is 7.05 Å². The Bertz CT molecular complexity index is 1380. The third kappa shape index (κ3) is 3.75. The number of hydrogen-bond donors (Lipinski definition) is 0. The number of benzene rings is 1. The first kappa shape index (κ1) is 21.3. The first-order valence-electron chi connectivity index (χ1n) is 9.49. The van der Waals surface area contributed by atoms with E-state index in [-0.39, 0.29) is 28.7 Å². The molecule has 0 saturated heterocycles. The van der Waals surface area contributed by atoms with Crippen LogP contribution in [0.15, 0.2) is 59.5 Å². The molecule has 0 spiro atoms. The molecule has 3 heterocycles. The zero-order chi connectivity index (χ0) is 23.0. The van der Waals surface area contributed by atoms with Crippen molar-refractivity contribution in [1.29, 1.82) is 0 Å². The molecule has 164 valence electrons. The van der Waals surface area contributed by atoms with Crippen molar-refractivity contribution in [3.8, 4) is 5.69 Å². The number of ether oxygens (including phenoxy) is 1. The van der Waals surface area contributed by atoms with Gasteiger partial charge in [-0.05, 0) is 30.3 Å². The fraction of sp³-hybridized carbons (Fsp3) is 0.182. The molecule has 0 radical (unpaired) electrons. The molecule has 0 aliphatic rings. The van der Waals surface area contributed by atoms with E-state index in [0.29, 0.717) is 11.4 Å². The minimum Gasteiger partial charge on any atom is -0.464 e. The zero-order valence-corrected chi connectivity index (χ0v) is 17.1. The lowest BCUT2D eigenvalue weighted by molar-refractivity contribution is -0.141. The summed E-state index contributed by atoms with van der Waals surface area (Å²) < 4.78 is 47.9. The highest BCUT2D eigenvalue weighted by atomic mass is 19.4. The number of aromatic nitrogens is 4. The summed E-state index contributed by atoms with van der Waals surface area (Å²) in [5, 5.41) is 4.20. The van der Waals surface area contributed by atoms with Gasteiger partial charge < -0.3 is 4.74 Å². The third-order valence-electron chi connectivity index (χ3n) is 4.93. The number of rotatable bonds is 4. The van der Waals surface area contributed by atoms with Gasteiger partial charge in [0.05, 0.1) is 18.2 Å². The molecule has 0 N–H and O–H groups in total. The van der Waals surface area contributed by atoms with Gasteiger partial charge in [-0.1, -0.05) is 18.2 Å². The Balaban J connectivity index is 2.15. The average Bonchev–Trinajstić information content (AvgIpc) is 3.19. The van der Waals surface area contributed by atoms with Gasteiger partial charge in [-0.2, -0.15) is 18.3 Å². The van der Waals surface area contributed by atoms with Gasteiger partial charge in [-0.15, -0.1) is 0 Å². The van der Waals surface area contributed by atoms with Crippen LogP contribution in [0, 0.1) is 0 Å². The standard InChI is InChI=1S/C22H17F3N4O3/c1-28-11-10-13(27-28)12-16-18(21(31)32-2)29(14-6-4-3-5-7-14)20-15(19(16)30)8-9-17(26-20)22(23,24)25/h3-11H,12H2,1-2H3. The van der Waals surface area contributed by atoms with Crippen LogP contribution in [-0.4, -0.2) is 32.4 Å². The Labute approximate surface area is 179 Å². The summed E-state index contributed by atoms with van der Waals surface area (Å²) in [5.41, 5.74) is -1.37. The fourth-order valence-corrected chi connectivity index (χ4v) is 3.51. The Morgan fingerprint density at radius 1 is 1.09 bits per heavy atom. The van der Waals surface area contributed by atoms with Crippen LogP contribution >= 0.6 is 0 Å². The molecule has 0 aliphatic carbocycles. The minimum atomic E-state index is -4.73. The molecule has 0 atom stereocenters. The molecule has 0 unspecified atom stereocenters. The molecule has 32 heavy (non-hydrogen) atoms. The first-order valence-corrected chi connectivity index (χ1v) is 9.49. The third-order valence-corrected chi connectivity index (χ3v) is 4.93. The second-order valence-corrected chi connectivity index (χ2v) is 7.04. The SMILES string of the molecule is COC(=O)c1c(Cc2ccn(C)n2)c(=O)c2ccc(C(F)(F)F)nc2n1-c1ccccc1. The molecular weight excluding hydrogens is 425 g/mol. The van der Waals surface area contributed by atoms with Crippen LogP contribution in [0.1, 0.15) is 27.4 Å². The van der Waals surface area contributed by atoms with Gasteiger partial charge in [0, 0.05) is 30.9 Å². The highest BCUT2D eigenvalue weighted by Gasteiger charge is 2.34. The van der Waals surface area contributed by atoms with Crippen molar-refractivity contribution in [2.45, 2.75) is 12.6 Å². The maximum absolute atomic E-state index is 13.4. The van der Waals surface area contributed by atoms with Crippen LogP contribution in [0.2, 0.25) is 0 Å². The number of carbonyl (C=O) groups excluding carboxylic acids is 1. The lowest BCUT2D eigenvalue weighted by Gasteiger charge is -2.19. The number of pyridine rings is 2. The molecule has 3 aromatic heterocycles. The van der Waals surface area contributed by atoms with E-state index < -0.39 is 23.3 Å². The van der Waals surface area contributed by atoms with Gasteiger partial charge in [-0.25, -0.2) is 9.78 Å². The largest absolute Gasteiger partial charge is 0.464 e. The van der Waals surface area contributed by atoms with E-state index in [1.807, 2.05) is 0 Å². The molecule has 0 amide bonds. The normalized spacial score (nSPS) is 11.7. The van der Waals surface area contributed by atoms with Gasteiger partial charge in [0.2, 0.25) is 0 Å². The Morgan fingerprint density at radius 2 is 1.81 bits per heavy atom. The van der Waals surface area contributed by atoms with Crippen LogP contribution in [0.25, 0.3) is 16.7 Å². The van der Waals surface area contributed by atoms with Crippen molar-refractivity contribution in [3.63, 3.8) is 0 Å². The van der Waals surface area contributed by atoms with E-state index in [4.69, 9.17) is 4.74 Å². The number of alkyl halides is 3. The van der Waals surface area contributed by atoms with Crippen molar-refractivity contribution in [3.05, 3.63) is 87.6 Å². The molecule has 10 heteroatoms. The predicted molar refractivity (Wildman–Crippen MR) is 110 cm³/mol. The molecule has 7 nitrogen and oxygen atoms in total. The second-order valence-electron chi connectivity index (χ2n) is 7.04. The summed E-state index contributed by atoms with van der Waals surface area (Å²) in [6.07, 6.45) is -3.07. The van der Waals surface area contributed by atoms with E-state index in [0.717, 1.165) is 19.2 Å². The van der Waals surface area contributed by atoms with Gasteiger partial charge in [0.1, 0.15) is 17.0 Å². The summed E-state index contributed by atoms with van der Waals surface area (Å²) >= 11 is 0. The molecule has 4 rings (SSSR count). The molecule has 0 fully saturated rings. The van der Waals surface area contributed by atoms with Crippen LogP contribution in [0.4, 0.5) is 13.2 Å². The summed E-state index contributed by atoms with van der Waals surface area (Å²) in [7, 11) is 2.84. The zero-order valence-electron chi connectivity index (χ0n) is 17.1. The molecule has 0 bridgehead atoms. The molecule has 0 aliphatic heterocycles. The van der Waals surface area contributed by atoms with E-state index in [9.17, 15) is 22.8 Å². The van der Waals surface area contributed by atoms with Crippen molar-refractivity contribution in [1.82, 2.24) is 19.3 Å². The summed E-state index contributed by atoms with van der Waals surface area (Å²) in [6.45, 7) is 0. The summed E-state index contributed by atoms with van der Waals surface area (Å²) in [6, 6.07) is 11.7. The van der Waals surface area contributed by atoms with Gasteiger partial charge >= 0.3 is 12.1 Å². The Kier molecular flexibility index (Phi) is 5.29. The Morgan fingerprint density at radius 3 is 2.41 bits per heavy atom. The number of fused-ring (bicyclic) bond motifs is 1. The number of carbonyl (C=O) groups is 1. The van der Waals surface area contributed by atoms with Gasteiger partial charge in [0.25, 0.3) is 0 Å². The van der Waals surface area contributed by atoms with E-state index >= 15 is 0 Å². The highest BCUT2D eigenvalue weighted by molar-refractivity contribution is 5.94. The number of methoxy groups -OCH3 is 1. The van der Waals surface area contributed by atoms with Crippen LogP contribution in [0.5, 0.6) is 0 Å². The molecule has 0 saturated carbocycles. The summed E-state index contributed by atoms with van der Waals surface area (Å²) in [4.78, 5) is 29.9. The number of halogens is 3. The molecular formula is C22H17F3N4O3. The van der Waals surface area contributed by atoms with Crippen molar-refractivity contribution < 1.29 is 22.7 Å². The smallest absolute Gasteiger partial charge is 0.433 e. The monoisotopic (exact) mass is 442 g/mol. The lowest BCUT2D eigenvalue weighted by Crippen LogP contribution is -2.26. The first-order chi connectivity index (χ1) is 15.2. The second kappa shape index (κ2) is 7.95. The maximum Gasteiger partial charge on any atom is 0.433 e. The van der Waals surface area contributed by atoms with Crippen LogP contribution in [-0.2, 0) is 24.4 Å². The van der Waals surface area contributed by atoms with Crippen LogP contribution < -0.4 is 5.43 Å². The number of hydrogen-bond acceptors (Lipinski definition) is 5. The average molecular weight is 442 g/mol. The van der Waals surface area contributed by atoms with E-state index in [2.05, 4.69) is 10.1 Å². The number of aryl methyl sites for hydroxylation is 1. The minimum absolute atomic E-state index is 0.0199. The fourth-order valence-electron chi connectivity index (χ4n) is 3.51. The summed E-state index contributed by atoms with van der Waals surface area (Å²) in [5.74, 6) is -0.877. The van der Waals surface area contributed by atoms with Gasteiger partial charge in [0.15, 0.2) is 5.43 Å². The molecule has 1 aromatic carbocycles. The number of esters is 1. The quantitative estimate of drug-likeness (QED) is 0.452. The number of nitrogens with zero attached hydrogens (tertiary/aromatic N) is 4. The predicted octanol–water partition coefficient (Wildman–Crippen LogP) is 3.52. The van der Waals surface area contributed by atoms with Crippen LogP contribution in [0.3, 0.4) is 0 Å². The molecule has 4 aromatic rings. The van der Waals surface area contributed by atoms with Gasteiger partial charge in [-0.3, -0.25) is 14.0 Å². The van der Waals surface area contributed by atoms with Crippen molar-refractivity contribution >= 4 is 17.0 Å². The topological polar surface area (TPSA) is 79.0 Å². The van der Waals surface area contributed by atoms with Crippen molar-refractivity contribution in [2.75, 3.05) is 7.11 Å². The van der Waals surface area contributed by atoms with E-state index in [1.165, 1.54) is 4.57 Å². The van der Waals surface area contributed by atoms with E-state index in [1.54, 1.807) is 54.3 Å². The number of para-hydroxylation sites is 1. The maximum atomic E-state index is 13.4. The lowest BCUT2D eigenvalue weighted by atomic mass is 10.0.